The number of piperidine rings is 1. The van der Waals surface area contributed by atoms with Crippen molar-refractivity contribution >= 4 is 16.0 Å². The molecule has 0 bridgehead atoms. The minimum Gasteiger partial charge on any atom is -0.465 e. The molecule has 0 aliphatic carbocycles. The fourth-order valence-corrected chi connectivity index (χ4v) is 4.38. The molecule has 0 aromatic heterocycles. The van der Waals surface area contributed by atoms with Crippen molar-refractivity contribution in [3.8, 4) is 0 Å². The number of hydrogen-bond donors (Lipinski definition) is 1. The molecular weight excluding hydrogens is 316 g/mol. The molecule has 128 valence electrons. The van der Waals surface area contributed by atoms with Gasteiger partial charge in [0.2, 0.25) is 10.0 Å². The predicted molar refractivity (Wildman–Crippen MR) is 87.9 cm³/mol. The lowest BCUT2D eigenvalue weighted by molar-refractivity contribution is 0.0599. The molecule has 0 spiro atoms. The van der Waals surface area contributed by atoms with E-state index in [0.717, 1.165) is 19.4 Å². The summed E-state index contributed by atoms with van der Waals surface area (Å²) in [5, 5.41) is 3.14. The number of sulfonamides is 1. The van der Waals surface area contributed by atoms with Gasteiger partial charge in [-0.25, -0.2) is 13.2 Å². The molecule has 1 aromatic rings. The lowest BCUT2D eigenvalue weighted by Crippen LogP contribution is -2.40. The van der Waals surface area contributed by atoms with Crippen molar-refractivity contribution in [2.75, 3.05) is 33.8 Å². The summed E-state index contributed by atoms with van der Waals surface area (Å²) in [6.45, 7) is 3.68. The number of carbonyl (C=O) groups excluding carboxylic acids is 1. The van der Waals surface area contributed by atoms with Crippen LogP contribution in [0.1, 0.15) is 28.8 Å². The summed E-state index contributed by atoms with van der Waals surface area (Å²) in [6, 6.07) is 4.61. The molecule has 23 heavy (non-hydrogen) atoms. The van der Waals surface area contributed by atoms with Crippen LogP contribution in [0.15, 0.2) is 23.1 Å². The van der Waals surface area contributed by atoms with Crippen molar-refractivity contribution in [2.24, 2.45) is 5.92 Å². The number of methoxy groups -OCH3 is 1. The molecule has 0 saturated carbocycles. The third kappa shape index (κ3) is 3.91. The third-order valence-electron chi connectivity index (χ3n) is 4.32. The third-order valence-corrected chi connectivity index (χ3v) is 6.21. The Bertz CT molecular complexity index is 665. The van der Waals surface area contributed by atoms with E-state index in [1.54, 1.807) is 19.1 Å². The van der Waals surface area contributed by atoms with Gasteiger partial charge in [0.15, 0.2) is 0 Å². The Morgan fingerprint density at radius 2 is 2.00 bits per heavy atom. The Balaban J connectivity index is 2.22. The van der Waals surface area contributed by atoms with Gasteiger partial charge < -0.3 is 10.1 Å². The smallest absolute Gasteiger partial charge is 0.338 e. The van der Waals surface area contributed by atoms with Gasteiger partial charge in [0.25, 0.3) is 0 Å². The highest BCUT2D eigenvalue weighted by Gasteiger charge is 2.29. The van der Waals surface area contributed by atoms with Gasteiger partial charge in [-0.15, -0.1) is 0 Å². The Hall–Kier alpha value is -1.44. The first-order valence-electron chi connectivity index (χ1n) is 7.74. The monoisotopic (exact) mass is 340 g/mol. The van der Waals surface area contributed by atoms with E-state index >= 15 is 0 Å². The van der Waals surface area contributed by atoms with Gasteiger partial charge in [0, 0.05) is 13.1 Å². The number of benzene rings is 1. The molecule has 0 radical (unpaired) electrons. The highest BCUT2D eigenvalue weighted by molar-refractivity contribution is 7.89. The lowest BCUT2D eigenvalue weighted by atomic mass is 9.98. The summed E-state index contributed by atoms with van der Waals surface area (Å²) >= 11 is 0. The Labute approximate surface area is 137 Å². The SMILES string of the molecule is CNCC1CCN(S(=O)(=O)c2ccc(C)c(C(=O)OC)c2)CC1. The van der Waals surface area contributed by atoms with Crippen molar-refractivity contribution < 1.29 is 17.9 Å². The van der Waals surface area contributed by atoms with Crippen LogP contribution in [0.4, 0.5) is 0 Å². The van der Waals surface area contributed by atoms with E-state index in [9.17, 15) is 13.2 Å². The van der Waals surface area contributed by atoms with Gasteiger partial charge in [-0.2, -0.15) is 4.31 Å². The van der Waals surface area contributed by atoms with Gasteiger partial charge in [0.1, 0.15) is 0 Å². The fraction of sp³-hybridized carbons (Fsp3) is 0.562. The number of nitrogens with zero attached hydrogens (tertiary/aromatic N) is 1. The molecule has 1 heterocycles. The number of esters is 1. The Morgan fingerprint density at radius 3 is 2.57 bits per heavy atom. The van der Waals surface area contributed by atoms with Crippen LogP contribution < -0.4 is 5.32 Å². The number of rotatable bonds is 5. The van der Waals surface area contributed by atoms with Gasteiger partial charge in [-0.05, 0) is 57.0 Å². The van der Waals surface area contributed by atoms with Crippen molar-refractivity contribution in [3.63, 3.8) is 0 Å². The van der Waals surface area contributed by atoms with Crippen LogP contribution in [-0.4, -0.2) is 52.5 Å². The normalized spacial score (nSPS) is 17.2. The largest absolute Gasteiger partial charge is 0.465 e. The second kappa shape index (κ2) is 7.42. The molecule has 7 heteroatoms. The molecule has 6 nitrogen and oxygen atoms in total. The molecule has 1 aliphatic rings. The molecule has 0 unspecified atom stereocenters. The highest BCUT2D eigenvalue weighted by atomic mass is 32.2. The van der Waals surface area contributed by atoms with Crippen molar-refractivity contribution in [1.29, 1.82) is 0 Å². The first kappa shape index (κ1) is 17.9. The molecular formula is C16H24N2O4S. The van der Waals surface area contributed by atoms with Gasteiger partial charge in [-0.1, -0.05) is 6.07 Å². The van der Waals surface area contributed by atoms with E-state index in [0.29, 0.717) is 30.1 Å². The number of nitrogens with one attached hydrogen (secondary N) is 1. The van der Waals surface area contributed by atoms with Crippen LogP contribution in [0.2, 0.25) is 0 Å². The second-order valence-corrected chi connectivity index (χ2v) is 7.81. The standard InChI is InChI=1S/C16H24N2O4S/c1-12-4-5-14(10-15(12)16(19)22-3)23(20,21)18-8-6-13(7-9-18)11-17-2/h4-5,10,13,17H,6-9,11H2,1-3H3. The first-order valence-corrected chi connectivity index (χ1v) is 9.18. The van der Waals surface area contributed by atoms with Gasteiger partial charge in [-0.3, -0.25) is 0 Å². The quantitative estimate of drug-likeness (QED) is 0.820. The van der Waals surface area contributed by atoms with E-state index in [4.69, 9.17) is 4.74 Å². The fourth-order valence-electron chi connectivity index (χ4n) is 2.88. The summed E-state index contributed by atoms with van der Waals surface area (Å²) in [5.74, 6) is -0.0117. The molecule has 2 rings (SSSR count). The van der Waals surface area contributed by atoms with Gasteiger partial charge in [0.05, 0.1) is 17.6 Å². The summed E-state index contributed by atoms with van der Waals surface area (Å²) in [4.78, 5) is 11.9. The summed E-state index contributed by atoms with van der Waals surface area (Å²) < 4.78 is 31.8. The summed E-state index contributed by atoms with van der Waals surface area (Å²) in [7, 11) is -0.383. The Morgan fingerprint density at radius 1 is 1.35 bits per heavy atom. The topological polar surface area (TPSA) is 75.7 Å². The van der Waals surface area contributed by atoms with E-state index < -0.39 is 16.0 Å². The number of carbonyl (C=O) groups is 1. The maximum absolute atomic E-state index is 12.8. The van der Waals surface area contributed by atoms with Crippen LogP contribution in [0.3, 0.4) is 0 Å². The summed E-state index contributed by atoms with van der Waals surface area (Å²) in [6.07, 6.45) is 1.69. The first-order chi connectivity index (χ1) is 10.9. The average molecular weight is 340 g/mol. The maximum Gasteiger partial charge on any atom is 0.338 e. The molecule has 1 N–H and O–H groups in total. The number of ether oxygens (including phenoxy) is 1. The van der Waals surface area contributed by atoms with Crippen LogP contribution in [0.25, 0.3) is 0 Å². The van der Waals surface area contributed by atoms with Crippen LogP contribution >= 0.6 is 0 Å². The number of aryl methyl sites for hydroxylation is 1. The average Bonchev–Trinajstić information content (AvgIpc) is 2.55. The Kier molecular flexibility index (Phi) is 5.78. The van der Waals surface area contributed by atoms with Crippen LogP contribution in [0.5, 0.6) is 0 Å². The summed E-state index contributed by atoms with van der Waals surface area (Å²) in [5.41, 5.74) is 0.988. The second-order valence-electron chi connectivity index (χ2n) is 5.87. The number of hydrogen-bond acceptors (Lipinski definition) is 5. The predicted octanol–water partition coefficient (Wildman–Crippen LogP) is 1.40. The molecule has 1 fully saturated rings. The molecule has 0 amide bonds. The molecule has 1 saturated heterocycles. The molecule has 1 aromatic carbocycles. The maximum atomic E-state index is 12.8. The molecule has 1 aliphatic heterocycles. The van der Waals surface area contributed by atoms with Crippen LogP contribution in [-0.2, 0) is 14.8 Å². The van der Waals surface area contributed by atoms with Crippen molar-refractivity contribution in [2.45, 2.75) is 24.7 Å². The zero-order valence-corrected chi connectivity index (χ0v) is 14.6. The minimum atomic E-state index is -3.58. The van der Waals surface area contributed by atoms with E-state index in [2.05, 4.69) is 5.32 Å². The van der Waals surface area contributed by atoms with E-state index in [-0.39, 0.29) is 4.90 Å². The van der Waals surface area contributed by atoms with Crippen molar-refractivity contribution in [1.82, 2.24) is 9.62 Å². The molecule has 0 atom stereocenters. The zero-order chi connectivity index (χ0) is 17.0. The highest BCUT2D eigenvalue weighted by Crippen LogP contribution is 2.25. The van der Waals surface area contributed by atoms with E-state index in [1.165, 1.54) is 17.5 Å². The van der Waals surface area contributed by atoms with E-state index in [1.807, 2.05) is 7.05 Å². The zero-order valence-electron chi connectivity index (χ0n) is 13.8. The van der Waals surface area contributed by atoms with Crippen LogP contribution in [0, 0.1) is 12.8 Å². The minimum absolute atomic E-state index is 0.149. The lowest BCUT2D eigenvalue weighted by Gasteiger charge is -2.31. The van der Waals surface area contributed by atoms with Crippen molar-refractivity contribution in [3.05, 3.63) is 29.3 Å². The van der Waals surface area contributed by atoms with Gasteiger partial charge >= 0.3 is 5.97 Å².